The van der Waals surface area contributed by atoms with Gasteiger partial charge in [0.25, 0.3) is 0 Å². The van der Waals surface area contributed by atoms with Gasteiger partial charge in [0.1, 0.15) is 24.0 Å². The molecule has 5 heteroatoms. The van der Waals surface area contributed by atoms with E-state index in [0.717, 1.165) is 56.4 Å². The third kappa shape index (κ3) is 8.79. The third-order valence-electron chi connectivity index (χ3n) is 17.6. The lowest BCUT2D eigenvalue weighted by Gasteiger charge is -2.35. The molecule has 1 aliphatic carbocycles. The largest absolute Gasteiger partial charge is 0.457 e. The van der Waals surface area contributed by atoms with Crippen LogP contribution in [0.3, 0.4) is 0 Å². The Bertz CT molecular complexity index is 4440. The number of anilines is 4. The van der Waals surface area contributed by atoms with E-state index in [-0.39, 0.29) is 16.2 Å². The maximum Gasteiger partial charge on any atom is 0.137 e. The van der Waals surface area contributed by atoms with Gasteiger partial charge in [0.05, 0.1) is 33.5 Å². The Labute approximate surface area is 495 Å². The van der Waals surface area contributed by atoms with Crippen LogP contribution in [0.15, 0.2) is 249 Å². The molecule has 3 heterocycles. The molecule has 0 radical (unpaired) electrons. The van der Waals surface area contributed by atoms with Gasteiger partial charge >= 0.3 is 0 Å². The average molecular weight is 1090 g/mol. The number of aromatic nitrogens is 2. The van der Waals surface area contributed by atoms with Crippen LogP contribution < -0.4 is 14.5 Å². The highest BCUT2D eigenvalue weighted by Crippen LogP contribution is 2.59. The molecule has 0 fully saturated rings. The predicted octanol–water partition coefficient (Wildman–Crippen LogP) is 20.8. The van der Waals surface area contributed by atoms with Crippen molar-refractivity contribution in [2.75, 3.05) is 16.5 Å². The smallest absolute Gasteiger partial charge is 0.137 e. The summed E-state index contributed by atoms with van der Waals surface area (Å²) >= 11 is 0. The van der Waals surface area contributed by atoms with Gasteiger partial charge in [-0.1, -0.05) is 226 Å². The Balaban J connectivity index is 1.01. The number of benzene rings is 10. The molecule has 0 saturated carbocycles. The molecule has 0 bridgehead atoms. The molecule has 84 heavy (non-hydrogen) atoms. The molecule has 1 unspecified atom stereocenters. The van der Waals surface area contributed by atoms with Crippen molar-refractivity contribution < 1.29 is 4.74 Å². The molecular formula is C79H70N4O. The van der Waals surface area contributed by atoms with E-state index >= 15 is 0 Å². The lowest BCUT2D eigenvalue weighted by molar-refractivity contribution is 0.482. The van der Waals surface area contributed by atoms with Crippen molar-refractivity contribution in [3.63, 3.8) is 0 Å². The zero-order chi connectivity index (χ0) is 57.7. The van der Waals surface area contributed by atoms with E-state index < -0.39 is 5.41 Å². The first kappa shape index (κ1) is 52.6. The molecule has 14 rings (SSSR count). The minimum atomic E-state index is -0.722. The number of para-hydroxylation sites is 3. The first-order chi connectivity index (χ1) is 40.5. The summed E-state index contributed by atoms with van der Waals surface area (Å²) in [4.78, 5) is 10.1. The summed E-state index contributed by atoms with van der Waals surface area (Å²) < 4.78 is 9.80. The van der Waals surface area contributed by atoms with E-state index in [4.69, 9.17) is 9.72 Å². The monoisotopic (exact) mass is 1090 g/mol. The summed E-state index contributed by atoms with van der Waals surface area (Å²) in [6.07, 6.45) is 1.94. The fourth-order valence-electron chi connectivity index (χ4n) is 13.3. The van der Waals surface area contributed by atoms with Crippen LogP contribution in [0.25, 0.3) is 61.0 Å². The minimum Gasteiger partial charge on any atom is -0.457 e. The van der Waals surface area contributed by atoms with Crippen LogP contribution in [0.1, 0.15) is 101 Å². The van der Waals surface area contributed by atoms with Crippen molar-refractivity contribution in [1.82, 2.24) is 9.55 Å². The van der Waals surface area contributed by atoms with Crippen molar-refractivity contribution in [1.29, 1.82) is 0 Å². The Hall–Kier alpha value is -9.45. The molecule has 0 amide bonds. The summed E-state index contributed by atoms with van der Waals surface area (Å²) in [5.41, 5.74) is 21.5. The number of hydrogen-bond donors (Lipinski definition) is 0. The van der Waals surface area contributed by atoms with Gasteiger partial charge in [-0.05, 0) is 144 Å². The standard InChI is InChI=1S/C79H70N4O/c1-76(2,3)55-37-40-69-67(45-55)62-31-19-21-33-68(62)79(69,54-29-17-12-18-30-54)58-43-59(49-61(44-58)84-60-38-39-64-63-32-20-22-34-70(63)83(73(64)50-60)74-48-56(41-42-80-74)77(4,5)6)81-51-82(72-36-24-23-35-71(72)81)75-65(52-25-13-10-14-26-52)46-57(78(7,8)9)47-66(75)53-27-15-11-16-28-53/h10-50H,51H2,1-9H3. The lowest BCUT2D eigenvalue weighted by atomic mass is 9.67. The summed E-state index contributed by atoms with van der Waals surface area (Å²) in [5.74, 6) is 2.36. The Morgan fingerprint density at radius 3 is 1.63 bits per heavy atom. The zero-order valence-corrected chi connectivity index (χ0v) is 49.6. The average Bonchev–Trinajstić information content (AvgIpc) is 1.58. The Morgan fingerprint density at radius 2 is 0.952 bits per heavy atom. The number of pyridine rings is 1. The van der Waals surface area contributed by atoms with Crippen molar-refractivity contribution in [2.24, 2.45) is 0 Å². The molecule has 0 spiro atoms. The number of fused-ring (bicyclic) bond motifs is 7. The molecule has 2 aliphatic rings. The second kappa shape index (κ2) is 19.9. The number of nitrogens with zero attached hydrogens (tertiary/aromatic N) is 4. The van der Waals surface area contributed by atoms with Gasteiger partial charge in [-0.3, -0.25) is 4.57 Å². The van der Waals surface area contributed by atoms with E-state index in [2.05, 4.69) is 319 Å². The van der Waals surface area contributed by atoms with Crippen LogP contribution in [-0.4, -0.2) is 16.2 Å². The summed E-state index contributed by atoms with van der Waals surface area (Å²) in [7, 11) is 0. The molecule has 1 atom stereocenters. The van der Waals surface area contributed by atoms with Gasteiger partial charge in [-0.2, -0.15) is 0 Å². The highest BCUT2D eigenvalue weighted by molar-refractivity contribution is 6.09. The highest BCUT2D eigenvalue weighted by Gasteiger charge is 2.47. The van der Waals surface area contributed by atoms with Crippen molar-refractivity contribution in [3.05, 3.63) is 288 Å². The molecule has 2 aromatic heterocycles. The van der Waals surface area contributed by atoms with Gasteiger partial charge in [-0.15, -0.1) is 0 Å². The summed E-state index contributed by atoms with van der Waals surface area (Å²) in [6.45, 7) is 21.2. The van der Waals surface area contributed by atoms with E-state index in [1.807, 2.05) is 6.20 Å². The van der Waals surface area contributed by atoms with Crippen molar-refractivity contribution in [2.45, 2.75) is 84.0 Å². The molecular weight excluding hydrogens is 1020 g/mol. The SMILES string of the molecule is CC(C)(C)c1ccnc(-n2c3ccccc3c3ccc(Oc4cc(N5CN(c6c(-c7ccccc7)cc(C(C)(C)C)cc6-c6ccccc6)c6ccccc65)cc(C5(c6ccccc6)c6ccccc6-c6cc(C(C)(C)C)ccc65)c4)cc32)c1. The van der Waals surface area contributed by atoms with Gasteiger partial charge in [-0.25, -0.2) is 4.98 Å². The van der Waals surface area contributed by atoms with Gasteiger partial charge < -0.3 is 14.5 Å². The molecule has 412 valence electrons. The fourth-order valence-corrected chi connectivity index (χ4v) is 13.3. The van der Waals surface area contributed by atoms with Crippen LogP contribution in [-0.2, 0) is 21.7 Å². The maximum absolute atomic E-state index is 7.50. The van der Waals surface area contributed by atoms with Crippen LogP contribution in [0.5, 0.6) is 11.5 Å². The minimum absolute atomic E-state index is 0.0516. The number of rotatable bonds is 9. The van der Waals surface area contributed by atoms with Gasteiger partial charge in [0, 0.05) is 45.9 Å². The molecule has 1 aliphatic heterocycles. The summed E-state index contributed by atoms with van der Waals surface area (Å²) in [6, 6.07) is 89.8. The highest BCUT2D eigenvalue weighted by atomic mass is 16.5. The maximum atomic E-state index is 7.50. The number of hydrogen-bond acceptors (Lipinski definition) is 4. The topological polar surface area (TPSA) is 33.5 Å². The molecule has 0 saturated heterocycles. The van der Waals surface area contributed by atoms with Gasteiger partial charge in [0.2, 0.25) is 0 Å². The Morgan fingerprint density at radius 1 is 0.393 bits per heavy atom. The van der Waals surface area contributed by atoms with E-state index in [0.29, 0.717) is 6.67 Å². The molecule has 12 aromatic rings. The predicted molar refractivity (Wildman–Crippen MR) is 351 cm³/mol. The van der Waals surface area contributed by atoms with E-state index in [9.17, 15) is 0 Å². The quantitative estimate of drug-likeness (QED) is 0.144. The second-order valence-electron chi connectivity index (χ2n) is 26.1. The van der Waals surface area contributed by atoms with Crippen LogP contribution >= 0.6 is 0 Å². The number of ether oxygens (including phenoxy) is 1. The fraction of sp³-hybridized carbons (Fsp3) is 0.177. The Kier molecular flexibility index (Phi) is 12.5. The second-order valence-corrected chi connectivity index (χ2v) is 26.1. The third-order valence-corrected chi connectivity index (χ3v) is 17.6. The van der Waals surface area contributed by atoms with Crippen LogP contribution in [0, 0.1) is 0 Å². The molecule has 10 aromatic carbocycles. The first-order valence-electron chi connectivity index (χ1n) is 29.6. The lowest BCUT2D eigenvalue weighted by Crippen LogP contribution is -2.30. The zero-order valence-electron chi connectivity index (χ0n) is 49.6. The molecule has 0 N–H and O–H groups in total. The molecule has 5 nitrogen and oxygen atoms in total. The van der Waals surface area contributed by atoms with Crippen LogP contribution in [0.2, 0.25) is 0 Å². The van der Waals surface area contributed by atoms with Crippen molar-refractivity contribution in [3.8, 4) is 50.7 Å². The van der Waals surface area contributed by atoms with E-state index in [1.165, 1.54) is 77.8 Å². The first-order valence-corrected chi connectivity index (χ1v) is 29.6. The van der Waals surface area contributed by atoms with Crippen molar-refractivity contribution >= 4 is 44.6 Å². The van der Waals surface area contributed by atoms with Crippen LogP contribution in [0.4, 0.5) is 22.7 Å². The van der Waals surface area contributed by atoms with E-state index in [1.54, 1.807) is 0 Å². The van der Waals surface area contributed by atoms with Gasteiger partial charge in [0.15, 0.2) is 0 Å². The normalized spacial score (nSPS) is 14.9. The summed E-state index contributed by atoms with van der Waals surface area (Å²) in [5, 5.41) is 2.31.